The molecule has 3 heterocycles. The van der Waals surface area contributed by atoms with Crippen LogP contribution < -0.4 is 9.80 Å². The predicted octanol–water partition coefficient (Wildman–Crippen LogP) is 3.39. The molecule has 0 radical (unpaired) electrons. The third-order valence-corrected chi connectivity index (χ3v) is 6.75. The molecular weight excluding hydrogens is 424 g/mol. The maximum absolute atomic E-state index is 11.9. The van der Waals surface area contributed by atoms with E-state index in [0.29, 0.717) is 4.90 Å². The van der Waals surface area contributed by atoms with Crippen molar-refractivity contribution in [3.8, 4) is 11.1 Å². The number of anilines is 2. The Bertz CT molecular complexity index is 1330. The summed E-state index contributed by atoms with van der Waals surface area (Å²) in [6, 6.07) is 13.3. The minimum atomic E-state index is -3.23. The summed E-state index contributed by atoms with van der Waals surface area (Å²) >= 11 is 0. The van der Waals surface area contributed by atoms with Gasteiger partial charge in [-0.15, -0.1) is 0 Å². The lowest BCUT2D eigenvalue weighted by molar-refractivity contribution is 0.601. The summed E-state index contributed by atoms with van der Waals surface area (Å²) in [5.41, 5.74) is 3.92. The van der Waals surface area contributed by atoms with Crippen molar-refractivity contribution in [1.82, 2.24) is 20.2 Å². The number of hydrogen-bond donors (Lipinski definition) is 1. The zero-order valence-corrected chi connectivity index (χ0v) is 17.9. The molecule has 0 spiro atoms. The number of benzene rings is 2. The molecule has 1 saturated heterocycles. The van der Waals surface area contributed by atoms with Crippen molar-refractivity contribution >= 4 is 32.2 Å². The lowest BCUT2D eigenvalue weighted by atomic mass is 10.1. The van der Waals surface area contributed by atoms with E-state index in [1.165, 1.54) is 6.26 Å². The molecule has 1 aliphatic rings. The predicted molar refractivity (Wildman–Crippen MR) is 128 cm³/mol. The quantitative estimate of drug-likeness (QED) is 0.509. The van der Waals surface area contributed by atoms with Gasteiger partial charge in [-0.2, -0.15) is 5.10 Å². The van der Waals surface area contributed by atoms with E-state index in [9.17, 15) is 8.42 Å². The summed E-state index contributed by atoms with van der Waals surface area (Å²) in [7, 11) is -3.23. The number of rotatable bonds is 4. The van der Waals surface area contributed by atoms with Crippen LogP contribution >= 0.6 is 0 Å². The fourth-order valence-corrected chi connectivity index (χ4v) is 4.63. The Balaban J connectivity index is 0.00000245. The third kappa shape index (κ3) is 4.16. The molecule has 0 aliphatic carbocycles. The SMILES string of the molecule is C.CS(=O)(=O)c1cccc(N2CCN(c3ncnc4ccc(-c5cn[nH]c5)cc34)CC2)c1. The first-order chi connectivity index (χ1) is 15.0. The van der Waals surface area contributed by atoms with Gasteiger partial charge >= 0.3 is 0 Å². The second kappa shape index (κ2) is 8.58. The number of piperazine rings is 1. The first-order valence-corrected chi connectivity index (χ1v) is 11.9. The summed E-state index contributed by atoms with van der Waals surface area (Å²) in [6.07, 6.45) is 6.52. The van der Waals surface area contributed by atoms with Gasteiger partial charge in [-0.05, 0) is 35.9 Å². The zero-order chi connectivity index (χ0) is 21.4. The van der Waals surface area contributed by atoms with Gasteiger partial charge in [0.15, 0.2) is 9.84 Å². The Hall–Kier alpha value is -3.46. The normalized spacial score (nSPS) is 14.4. The number of nitrogens with one attached hydrogen (secondary N) is 1. The van der Waals surface area contributed by atoms with Crippen molar-refractivity contribution in [2.75, 3.05) is 42.2 Å². The molecule has 1 fully saturated rings. The van der Waals surface area contributed by atoms with Crippen molar-refractivity contribution in [1.29, 1.82) is 0 Å². The Labute approximate surface area is 187 Å². The Kier molecular flexibility index (Phi) is 5.84. The topological polar surface area (TPSA) is 95.1 Å². The van der Waals surface area contributed by atoms with Gasteiger partial charge in [0, 0.05) is 55.3 Å². The summed E-state index contributed by atoms with van der Waals surface area (Å²) in [5, 5.41) is 7.90. The van der Waals surface area contributed by atoms with Crippen LogP contribution in [-0.2, 0) is 9.84 Å². The number of hydrogen-bond acceptors (Lipinski definition) is 7. The molecule has 0 atom stereocenters. The van der Waals surface area contributed by atoms with E-state index in [1.54, 1.807) is 30.7 Å². The molecule has 2 aromatic carbocycles. The molecule has 1 aliphatic heterocycles. The number of aromatic nitrogens is 4. The molecule has 0 unspecified atom stereocenters. The average molecular weight is 451 g/mol. The van der Waals surface area contributed by atoms with E-state index in [0.717, 1.165) is 59.7 Å². The highest BCUT2D eigenvalue weighted by atomic mass is 32.2. The summed E-state index contributed by atoms with van der Waals surface area (Å²) in [5.74, 6) is 0.917. The lowest BCUT2D eigenvalue weighted by Crippen LogP contribution is -2.47. The van der Waals surface area contributed by atoms with Gasteiger partial charge in [-0.3, -0.25) is 5.10 Å². The molecule has 8 nitrogen and oxygen atoms in total. The molecule has 0 saturated carbocycles. The van der Waals surface area contributed by atoms with Crippen molar-refractivity contribution in [2.45, 2.75) is 12.3 Å². The Morgan fingerprint density at radius 1 is 0.938 bits per heavy atom. The lowest BCUT2D eigenvalue weighted by Gasteiger charge is -2.37. The van der Waals surface area contributed by atoms with Gasteiger partial charge in [0.05, 0.1) is 16.6 Å². The van der Waals surface area contributed by atoms with Crippen molar-refractivity contribution in [2.24, 2.45) is 0 Å². The summed E-state index contributed by atoms with van der Waals surface area (Å²) < 4.78 is 23.8. The van der Waals surface area contributed by atoms with E-state index < -0.39 is 9.84 Å². The fourth-order valence-electron chi connectivity index (χ4n) is 3.97. The van der Waals surface area contributed by atoms with Crippen LogP contribution in [0.1, 0.15) is 7.43 Å². The fraction of sp³-hybridized carbons (Fsp3) is 0.261. The van der Waals surface area contributed by atoms with Gasteiger partial charge in [0.1, 0.15) is 12.1 Å². The molecule has 2 aromatic heterocycles. The molecule has 9 heteroatoms. The van der Waals surface area contributed by atoms with Crippen LogP contribution in [0.5, 0.6) is 0 Å². The van der Waals surface area contributed by atoms with E-state index in [-0.39, 0.29) is 7.43 Å². The molecule has 32 heavy (non-hydrogen) atoms. The first kappa shape index (κ1) is 21.8. The monoisotopic (exact) mass is 450 g/mol. The minimum Gasteiger partial charge on any atom is -0.368 e. The van der Waals surface area contributed by atoms with E-state index in [4.69, 9.17) is 0 Å². The van der Waals surface area contributed by atoms with Crippen LogP contribution in [-0.4, -0.2) is 61.0 Å². The van der Waals surface area contributed by atoms with Crippen LogP contribution in [0.15, 0.2) is 66.1 Å². The van der Waals surface area contributed by atoms with Crippen molar-refractivity contribution in [3.05, 3.63) is 61.2 Å². The number of nitrogens with zero attached hydrogens (tertiary/aromatic N) is 5. The van der Waals surface area contributed by atoms with Crippen molar-refractivity contribution in [3.63, 3.8) is 0 Å². The largest absolute Gasteiger partial charge is 0.368 e. The highest BCUT2D eigenvalue weighted by Gasteiger charge is 2.21. The minimum absolute atomic E-state index is 0. The smallest absolute Gasteiger partial charge is 0.175 e. The maximum atomic E-state index is 11.9. The number of H-pyrrole nitrogens is 1. The van der Waals surface area contributed by atoms with Crippen LogP contribution in [0, 0.1) is 0 Å². The van der Waals surface area contributed by atoms with Gasteiger partial charge in [0.2, 0.25) is 0 Å². The van der Waals surface area contributed by atoms with E-state index in [1.807, 2.05) is 24.4 Å². The van der Waals surface area contributed by atoms with Gasteiger partial charge in [0.25, 0.3) is 0 Å². The molecule has 0 amide bonds. The molecular formula is C23H26N6O2S. The van der Waals surface area contributed by atoms with Gasteiger partial charge < -0.3 is 9.80 Å². The standard InChI is InChI=1S/C22H22N6O2S.CH4/c1-31(29,30)19-4-2-3-18(12-19)27-7-9-28(10-8-27)22-20-11-16(17-13-25-26-14-17)5-6-21(20)23-15-24-22;/h2-6,11-15H,7-10H2,1H3,(H,25,26);1H4. The molecule has 0 bridgehead atoms. The molecule has 4 aromatic rings. The van der Waals surface area contributed by atoms with Gasteiger partial charge in [-0.25, -0.2) is 18.4 Å². The summed E-state index contributed by atoms with van der Waals surface area (Å²) in [6.45, 7) is 3.12. The van der Waals surface area contributed by atoms with Crippen molar-refractivity contribution < 1.29 is 8.42 Å². The van der Waals surface area contributed by atoms with Gasteiger partial charge in [-0.1, -0.05) is 19.6 Å². The molecule has 5 rings (SSSR count). The second-order valence-electron chi connectivity index (χ2n) is 7.66. The Morgan fingerprint density at radius 3 is 2.44 bits per heavy atom. The first-order valence-electron chi connectivity index (χ1n) is 10.0. The van der Waals surface area contributed by atoms with Crippen LogP contribution in [0.2, 0.25) is 0 Å². The second-order valence-corrected chi connectivity index (χ2v) is 9.68. The third-order valence-electron chi connectivity index (χ3n) is 5.64. The molecule has 166 valence electrons. The number of sulfone groups is 1. The Morgan fingerprint density at radius 2 is 1.72 bits per heavy atom. The number of fused-ring (bicyclic) bond motifs is 1. The average Bonchev–Trinajstić information content (AvgIpc) is 3.33. The van der Waals surface area contributed by atoms with Crippen LogP contribution in [0.25, 0.3) is 22.0 Å². The summed E-state index contributed by atoms with van der Waals surface area (Å²) in [4.78, 5) is 13.8. The van der Waals surface area contributed by atoms with E-state index in [2.05, 4.69) is 36.0 Å². The molecule has 1 N–H and O–H groups in total. The highest BCUT2D eigenvalue weighted by Crippen LogP contribution is 2.29. The van der Waals surface area contributed by atoms with Crippen LogP contribution in [0.4, 0.5) is 11.5 Å². The van der Waals surface area contributed by atoms with Crippen LogP contribution in [0.3, 0.4) is 0 Å². The zero-order valence-electron chi connectivity index (χ0n) is 17.1. The van der Waals surface area contributed by atoms with E-state index >= 15 is 0 Å². The highest BCUT2D eigenvalue weighted by molar-refractivity contribution is 7.90. The number of aromatic amines is 1. The maximum Gasteiger partial charge on any atom is 0.175 e.